The van der Waals surface area contributed by atoms with E-state index in [1.807, 2.05) is 13.8 Å². The van der Waals surface area contributed by atoms with E-state index < -0.39 is 0 Å². The Kier molecular flexibility index (Phi) is 3.70. The number of morpholine rings is 1. The number of rotatable bonds is 3. The maximum absolute atomic E-state index is 11.1. The van der Waals surface area contributed by atoms with Crippen molar-refractivity contribution < 1.29 is 14.6 Å². The van der Waals surface area contributed by atoms with E-state index in [-0.39, 0.29) is 30.3 Å². The molecule has 2 heterocycles. The van der Waals surface area contributed by atoms with E-state index in [1.54, 1.807) is 0 Å². The normalized spacial score (nSPS) is 33.7. The lowest BCUT2D eigenvalue weighted by Crippen LogP contribution is -2.56. The van der Waals surface area contributed by atoms with Gasteiger partial charge in [-0.1, -0.05) is 0 Å². The summed E-state index contributed by atoms with van der Waals surface area (Å²) in [4.78, 5) is 13.4. The summed E-state index contributed by atoms with van der Waals surface area (Å²) in [6, 6.07) is 0.260. The Morgan fingerprint density at radius 2 is 2.35 bits per heavy atom. The van der Waals surface area contributed by atoms with Crippen molar-refractivity contribution in [1.29, 1.82) is 0 Å². The Balaban J connectivity index is 1.89. The highest BCUT2D eigenvalue weighted by molar-refractivity contribution is 5.78. The third kappa shape index (κ3) is 3.40. The molecule has 2 N–H and O–H groups in total. The lowest BCUT2D eigenvalue weighted by Gasteiger charge is -2.43. The third-order valence-corrected chi connectivity index (χ3v) is 3.32. The van der Waals surface area contributed by atoms with E-state index in [9.17, 15) is 9.90 Å². The quantitative estimate of drug-likeness (QED) is 0.715. The third-order valence-electron chi connectivity index (χ3n) is 3.32. The monoisotopic (exact) mass is 242 g/mol. The summed E-state index contributed by atoms with van der Waals surface area (Å²) >= 11 is 0. The zero-order valence-corrected chi connectivity index (χ0v) is 10.6. The van der Waals surface area contributed by atoms with Crippen LogP contribution in [0, 0.1) is 0 Å². The fourth-order valence-electron chi connectivity index (χ4n) is 2.78. The molecule has 2 aliphatic heterocycles. The molecule has 2 rings (SSSR count). The second kappa shape index (κ2) is 4.92. The van der Waals surface area contributed by atoms with Crippen LogP contribution in [-0.4, -0.2) is 59.9 Å². The zero-order valence-electron chi connectivity index (χ0n) is 10.6. The molecule has 2 saturated heterocycles. The van der Waals surface area contributed by atoms with Gasteiger partial charge in [0, 0.05) is 32.1 Å². The highest BCUT2D eigenvalue weighted by atomic mass is 16.5. The van der Waals surface area contributed by atoms with E-state index >= 15 is 0 Å². The molecule has 2 unspecified atom stereocenters. The molecular weight excluding hydrogens is 220 g/mol. The average molecular weight is 242 g/mol. The molecule has 2 fully saturated rings. The molecular formula is C12H22N2O3. The fourth-order valence-corrected chi connectivity index (χ4v) is 2.78. The summed E-state index contributed by atoms with van der Waals surface area (Å²) in [6.07, 6.45) is 1.44. The Bertz CT molecular complexity index is 293. The van der Waals surface area contributed by atoms with Crippen LogP contribution in [0.4, 0.5) is 0 Å². The standard InChI is InChI=1S/C12H22N2O3/c1-12(2)8-14(6-10(7-15)17-12)5-9-3-4-11(16)13-9/h9-10,15H,3-8H2,1-2H3,(H,13,16). The Labute approximate surface area is 102 Å². The van der Waals surface area contributed by atoms with Crippen LogP contribution in [-0.2, 0) is 9.53 Å². The van der Waals surface area contributed by atoms with Gasteiger partial charge in [-0.15, -0.1) is 0 Å². The predicted molar refractivity (Wildman–Crippen MR) is 63.6 cm³/mol. The van der Waals surface area contributed by atoms with Crippen LogP contribution in [0.2, 0.25) is 0 Å². The highest BCUT2D eigenvalue weighted by Crippen LogP contribution is 2.21. The highest BCUT2D eigenvalue weighted by Gasteiger charge is 2.34. The molecule has 2 atom stereocenters. The molecule has 2 aliphatic rings. The predicted octanol–water partition coefficient (Wildman–Crippen LogP) is -0.263. The van der Waals surface area contributed by atoms with Crippen LogP contribution < -0.4 is 5.32 Å². The Hall–Kier alpha value is -0.650. The number of aliphatic hydroxyl groups is 1. The first-order chi connectivity index (χ1) is 7.98. The summed E-state index contributed by atoms with van der Waals surface area (Å²) < 4.78 is 5.76. The van der Waals surface area contributed by atoms with E-state index in [0.717, 1.165) is 26.1 Å². The molecule has 5 nitrogen and oxygen atoms in total. The molecule has 0 spiro atoms. The first-order valence-electron chi connectivity index (χ1n) is 6.29. The molecule has 0 saturated carbocycles. The van der Waals surface area contributed by atoms with Crippen LogP contribution in [0.25, 0.3) is 0 Å². The van der Waals surface area contributed by atoms with Crippen LogP contribution in [0.3, 0.4) is 0 Å². The lowest BCUT2D eigenvalue weighted by molar-refractivity contribution is -0.149. The minimum absolute atomic E-state index is 0.0525. The van der Waals surface area contributed by atoms with E-state index in [1.165, 1.54) is 0 Å². The Morgan fingerprint density at radius 3 is 2.94 bits per heavy atom. The van der Waals surface area contributed by atoms with Crippen molar-refractivity contribution in [1.82, 2.24) is 10.2 Å². The molecule has 0 aromatic carbocycles. The van der Waals surface area contributed by atoms with E-state index in [2.05, 4.69) is 10.2 Å². The second-order valence-corrected chi connectivity index (χ2v) is 5.68. The molecule has 17 heavy (non-hydrogen) atoms. The number of carbonyl (C=O) groups excluding carboxylic acids is 1. The smallest absolute Gasteiger partial charge is 0.220 e. The van der Waals surface area contributed by atoms with Crippen molar-refractivity contribution >= 4 is 5.91 Å². The van der Waals surface area contributed by atoms with Crippen LogP contribution >= 0.6 is 0 Å². The van der Waals surface area contributed by atoms with Gasteiger partial charge in [0.1, 0.15) is 0 Å². The van der Waals surface area contributed by atoms with Crippen molar-refractivity contribution in [3.05, 3.63) is 0 Å². The summed E-state index contributed by atoms with van der Waals surface area (Å²) in [5, 5.41) is 12.2. The number of hydrogen-bond acceptors (Lipinski definition) is 4. The summed E-state index contributed by atoms with van der Waals surface area (Å²) in [5.41, 5.74) is -0.228. The van der Waals surface area contributed by atoms with E-state index in [0.29, 0.717) is 6.42 Å². The molecule has 5 heteroatoms. The largest absolute Gasteiger partial charge is 0.394 e. The lowest BCUT2D eigenvalue weighted by atomic mass is 10.0. The zero-order chi connectivity index (χ0) is 12.5. The van der Waals surface area contributed by atoms with E-state index in [4.69, 9.17) is 4.74 Å². The van der Waals surface area contributed by atoms with Crippen molar-refractivity contribution in [3.8, 4) is 0 Å². The summed E-state index contributed by atoms with van der Waals surface area (Å²) in [5.74, 6) is 0.154. The minimum Gasteiger partial charge on any atom is -0.394 e. The van der Waals surface area contributed by atoms with Crippen molar-refractivity contribution in [2.45, 2.75) is 44.4 Å². The van der Waals surface area contributed by atoms with Crippen molar-refractivity contribution in [2.24, 2.45) is 0 Å². The number of nitrogens with one attached hydrogen (secondary N) is 1. The SMILES string of the molecule is CC1(C)CN(CC2CCC(=O)N2)CC(CO)O1. The first-order valence-corrected chi connectivity index (χ1v) is 6.29. The van der Waals surface area contributed by atoms with Gasteiger partial charge in [-0.3, -0.25) is 9.69 Å². The van der Waals surface area contributed by atoms with Gasteiger partial charge in [0.05, 0.1) is 18.3 Å². The molecule has 0 radical (unpaired) electrons. The van der Waals surface area contributed by atoms with Gasteiger partial charge in [0.2, 0.25) is 5.91 Å². The Morgan fingerprint density at radius 1 is 1.59 bits per heavy atom. The van der Waals surface area contributed by atoms with Gasteiger partial charge in [-0.05, 0) is 20.3 Å². The van der Waals surface area contributed by atoms with Gasteiger partial charge in [0.25, 0.3) is 0 Å². The maximum Gasteiger partial charge on any atom is 0.220 e. The van der Waals surface area contributed by atoms with Crippen molar-refractivity contribution in [3.63, 3.8) is 0 Å². The first kappa shape index (κ1) is 12.8. The fraction of sp³-hybridized carbons (Fsp3) is 0.917. The summed E-state index contributed by atoms with van der Waals surface area (Å²) in [7, 11) is 0. The van der Waals surface area contributed by atoms with Gasteiger partial charge < -0.3 is 15.2 Å². The number of aliphatic hydroxyl groups excluding tert-OH is 1. The molecule has 0 aromatic heterocycles. The molecule has 0 bridgehead atoms. The van der Waals surface area contributed by atoms with Gasteiger partial charge in [0.15, 0.2) is 0 Å². The number of nitrogens with zero attached hydrogens (tertiary/aromatic N) is 1. The summed E-state index contributed by atoms with van der Waals surface area (Å²) in [6.45, 7) is 6.57. The number of carbonyl (C=O) groups is 1. The van der Waals surface area contributed by atoms with Crippen LogP contribution in [0.5, 0.6) is 0 Å². The molecule has 1 amide bonds. The topological polar surface area (TPSA) is 61.8 Å². The second-order valence-electron chi connectivity index (χ2n) is 5.68. The molecule has 0 aromatic rings. The molecule has 0 aliphatic carbocycles. The molecule has 98 valence electrons. The van der Waals surface area contributed by atoms with Gasteiger partial charge in [-0.2, -0.15) is 0 Å². The number of ether oxygens (including phenoxy) is 1. The van der Waals surface area contributed by atoms with Crippen LogP contribution in [0.15, 0.2) is 0 Å². The minimum atomic E-state index is -0.228. The van der Waals surface area contributed by atoms with Gasteiger partial charge >= 0.3 is 0 Å². The number of hydrogen-bond donors (Lipinski definition) is 2. The average Bonchev–Trinajstić information content (AvgIpc) is 2.61. The van der Waals surface area contributed by atoms with Crippen molar-refractivity contribution in [2.75, 3.05) is 26.2 Å². The van der Waals surface area contributed by atoms with Gasteiger partial charge in [-0.25, -0.2) is 0 Å². The number of amides is 1. The maximum atomic E-state index is 11.1. The van der Waals surface area contributed by atoms with Crippen LogP contribution in [0.1, 0.15) is 26.7 Å².